The summed E-state index contributed by atoms with van der Waals surface area (Å²) in [4.78, 5) is 25.8. The van der Waals surface area contributed by atoms with E-state index in [1.54, 1.807) is 24.3 Å². The van der Waals surface area contributed by atoms with Crippen molar-refractivity contribution in [1.29, 1.82) is 0 Å². The molecule has 1 aliphatic rings. The highest BCUT2D eigenvalue weighted by atomic mass is 35.7. The highest BCUT2D eigenvalue weighted by Gasteiger charge is 2.35. The Hall–Kier alpha value is -2.36. The molecule has 0 unspecified atom stereocenters. The van der Waals surface area contributed by atoms with Gasteiger partial charge in [-0.2, -0.15) is 0 Å². The quantitative estimate of drug-likeness (QED) is 0.451. The Morgan fingerprint density at radius 3 is 1.72 bits per heavy atom. The first-order valence-electron chi connectivity index (χ1n) is 7.03. The van der Waals surface area contributed by atoms with Crippen molar-refractivity contribution in [1.82, 2.24) is 4.90 Å². The molecule has 2 amide bonds. The Kier molecular flexibility index (Phi) is 5.51. The summed E-state index contributed by atoms with van der Waals surface area (Å²) in [5, 5.41) is 0. The van der Waals surface area contributed by atoms with Gasteiger partial charge in [-0.1, -0.05) is 12.1 Å². The van der Waals surface area contributed by atoms with Gasteiger partial charge in [0.15, 0.2) is 0 Å². The molecule has 2 aromatic rings. The molecule has 0 spiro atoms. The van der Waals surface area contributed by atoms with Crippen LogP contribution in [0.2, 0.25) is 0 Å². The van der Waals surface area contributed by atoms with Crippen molar-refractivity contribution in [3.8, 4) is 0 Å². The van der Waals surface area contributed by atoms with Crippen LogP contribution in [0.1, 0.15) is 37.8 Å². The SMILES string of the molecule is Cc1cc(CN2C(=O)c3ccccc3C2=O)cc(C)[o+]1.[O-][Cl+3]([O-])([O-])[O-]. The second-order valence-corrected chi connectivity index (χ2v) is 6.06. The van der Waals surface area contributed by atoms with Crippen LogP contribution < -0.4 is 18.6 Å². The fourth-order valence-electron chi connectivity index (χ4n) is 2.53. The van der Waals surface area contributed by atoms with E-state index >= 15 is 0 Å². The third kappa shape index (κ3) is 5.05. The molecule has 3 rings (SSSR count). The Balaban J connectivity index is 0.000000399. The topological polar surface area (TPSA) is 141 Å². The lowest BCUT2D eigenvalue weighted by atomic mass is 10.1. The normalized spacial score (nSPS) is 13.4. The van der Waals surface area contributed by atoms with E-state index in [9.17, 15) is 9.59 Å². The van der Waals surface area contributed by atoms with Crippen LogP contribution in [0.15, 0.2) is 40.8 Å². The van der Waals surface area contributed by atoms with Gasteiger partial charge >= 0.3 is 11.5 Å². The van der Waals surface area contributed by atoms with E-state index in [0.717, 1.165) is 17.1 Å². The molecule has 1 aliphatic heterocycles. The maximum absolute atomic E-state index is 12.3. The van der Waals surface area contributed by atoms with Crippen LogP contribution in [0.5, 0.6) is 0 Å². The van der Waals surface area contributed by atoms with Crippen LogP contribution in [0.3, 0.4) is 0 Å². The molecule has 2 heterocycles. The van der Waals surface area contributed by atoms with Crippen molar-refractivity contribution in [2.24, 2.45) is 0 Å². The zero-order valence-corrected chi connectivity index (χ0v) is 14.1. The fourth-order valence-corrected chi connectivity index (χ4v) is 2.53. The van der Waals surface area contributed by atoms with Crippen LogP contribution in [0.4, 0.5) is 0 Å². The molecule has 132 valence electrons. The Morgan fingerprint density at radius 1 is 0.920 bits per heavy atom. The van der Waals surface area contributed by atoms with E-state index in [1.807, 2.05) is 26.0 Å². The summed E-state index contributed by atoms with van der Waals surface area (Å²) in [7, 11) is -4.94. The van der Waals surface area contributed by atoms with Crippen molar-refractivity contribution >= 4 is 11.8 Å². The third-order valence-electron chi connectivity index (χ3n) is 3.32. The van der Waals surface area contributed by atoms with Crippen LogP contribution in [0.25, 0.3) is 0 Å². The molecule has 0 aliphatic carbocycles. The van der Waals surface area contributed by atoms with Crippen molar-refractivity contribution in [2.75, 3.05) is 0 Å². The zero-order chi connectivity index (χ0) is 18.8. The van der Waals surface area contributed by atoms with Gasteiger partial charge in [0.2, 0.25) is 0 Å². The number of carbonyl (C=O) groups is 2. The van der Waals surface area contributed by atoms with E-state index in [2.05, 4.69) is 0 Å². The third-order valence-corrected chi connectivity index (χ3v) is 3.32. The number of halogens is 1. The molecule has 25 heavy (non-hydrogen) atoms. The monoisotopic (exact) mass is 367 g/mol. The molecular formula is C16H14ClNO7. The van der Waals surface area contributed by atoms with Gasteiger partial charge in [-0.15, -0.1) is 10.2 Å². The van der Waals surface area contributed by atoms with Gasteiger partial charge in [0.25, 0.3) is 11.8 Å². The highest BCUT2D eigenvalue weighted by Crippen LogP contribution is 2.24. The summed E-state index contributed by atoms with van der Waals surface area (Å²) in [6, 6.07) is 10.6. The summed E-state index contributed by atoms with van der Waals surface area (Å²) in [5.41, 5.74) is 1.85. The average molecular weight is 368 g/mol. The van der Waals surface area contributed by atoms with Crippen LogP contribution in [-0.2, 0) is 6.54 Å². The van der Waals surface area contributed by atoms with E-state index in [1.165, 1.54) is 4.90 Å². The molecule has 0 radical (unpaired) electrons. The van der Waals surface area contributed by atoms with Crippen LogP contribution in [0, 0.1) is 24.1 Å². The van der Waals surface area contributed by atoms with E-state index in [4.69, 9.17) is 23.1 Å². The van der Waals surface area contributed by atoms with Gasteiger partial charge in [-0.05, 0) is 17.7 Å². The lowest BCUT2D eigenvalue weighted by Gasteiger charge is -2.17. The molecule has 0 saturated heterocycles. The van der Waals surface area contributed by atoms with Gasteiger partial charge in [0, 0.05) is 12.1 Å². The van der Waals surface area contributed by atoms with E-state index in [-0.39, 0.29) is 18.4 Å². The predicted octanol–water partition coefficient (Wildman–Crippen LogP) is -1.78. The molecule has 0 fully saturated rings. The number of carbonyl (C=O) groups excluding carboxylic acids is 2. The number of benzene rings is 1. The summed E-state index contributed by atoms with van der Waals surface area (Å²) >= 11 is 0. The first-order chi connectivity index (χ1) is 11.6. The van der Waals surface area contributed by atoms with Crippen molar-refractivity contribution < 1.29 is 42.9 Å². The molecule has 0 atom stereocenters. The summed E-state index contributed by atoms with van der Waals surface area (Å²) in [5.74, 6) is 1.05. The number of aryl methyl sites for hydroxylation is 2. The number of hydrogen-bond acceptors (Lipinski definition) is 6. The fraction of sp³-hybridized carbons (Fsp3) is 0.188. The predicted molar refractivity (Wildman–Crippen MR) is 73.2 cm³/mol. The maximum atomic E-state index is 12.3. The smallest absolute Gasteiger partial charge is 0.270 e. The van der Waals surface area contributed by atoms with E-state index in [0.29, 0.717) is 11.1 Å². The Bertz CT molecular complexity index is 755. The lowest BCUT2D eigenvalue weighted by Crippen LogP contribution is -2.68. The molecule has 0 bridgehead atoms. The molecule has 9 heteroatoms. The highest BCUT2D eigenvalue weighted by molar-refractivity contribution is 6.21. The maximum Gasteiger partial charge on any atom is 0.326 e. The number of hydrogen-bond donors (Lipinski definition) is 0. The number of amides is 2. The summed E-state index contributed by atoms with van der Waals surface area (Å²) in [6.45, 7) is 3.96. The van der Waals surface area contributed by atoms with Crippen molar-refractivity contribution in [3.05, 3.63) is 64.6 Å². The van der Waals surface area contributed by atoms with Gasteiger partial charge in [0.05, 0.1) is 31.5 Å². The van der Waals surface area contributed by atoms with Gasteiger partial charge in [-0.3, -0.25) is 14.5 Å². The molecular weight excluding hydrogens is 354 g/mol. The lowest BCUT2D eigenvalue weighted by molar-refractivity contribution is -2.00. The second-order valence-electron chi connectivity index (χ2n) is 5.31. The zero-order valence-electron chi connectivity index (χ0n) is 13.4. The minimum absolute atomic E-state index is 0.235. The second kappa shape index (κ2) is 7.26. The van der Waals surface area contributed by atoms with Crippen molar-refractivity contribution in [2.45, 2.75) is 20.4 Å². The van der Waals surface area contributed by atoms with E-state index < -0.39 is 10.2 Å². The minimum atomic E-state index is -4.94. The Morgan fingerprint density at radius 2 is 1.32 bits per heavy atom. The summed E-state index contributed by atoms with van der Waals surface area (Å²) in [6.07, 6.45) is 0. The minimum Gasteiger partial charge on any atom is -0.270 e. The largest absolute Gasteiger partial charge is 0.326 e. The van der Waals surface area contributed by atoms with Gasteiger partial charge < -0.3 is 0 Å². The van der Waals surface area contributed by atoms with Gasteiger partial charge in [-0.25, -0.2) is 23.1 Å². The first kappa shape index (κ1) is 19.0. The first-order valence-corrected chi connectivity index (χ1v) is 8.27. The molecule has 1 aromatic heterocycles. The number of imide groups is 1. The number of nitrogens with zero attached hydrogens (tertiary/aromatic N) is 1. The average Bonchev–Trinajstić information content (AvgIpc) is 2.70. The number of fused-ring (bicyclic) bond motifs is 1. The van der Waals surface area contributed by atoms with Gasteiger partial charge in [0.1, 0.15) is 0 Å². The molecule has 0 saturated carbocycles. The van der Waals surface area contributed by atoms with Crippen LogP contribution in [-0.4, -0.2) is 16.7 Å². The number of rotatable bonds is 2. The Labute approximate surface area is 145 Å². The molecule has 0 N–H and O–H groups in total. The summed E-state index contributed by atoms with van der Waals surface area (Å²) < 4.78 is 39.4. The van der Waals surface area contributed by atoms with Crippen LogP contribution >= 0.6 is 0 Å². The standard InChI is InChI=1S/C16H14NO3.ClHO4/c1-10-7-12(8-11(2)20-10)9-17-15(18)13-5-3-4-6-14(13)16(17)19;2-1(3,4)5/h3-8H,9H2,1-2H3;(H,2,3,4,5)/q+1;/p-1. The molecule has 8 nitrogen and oxygen atoms in total. The van der Waals surface area contributed by atoms with Crippen molar-refractivity contribution in [3.63, 3.8) is 0 Å². The molecule has 1 aromatic carbocycles.